The van der Waals surface area contributed by atoms with Crippen LogP contribution in [0.4, 0.5) is 0 Å². The number of hydrogen-bond donors (Lipinski definition) is 1. The van der Waals surface area contributed by atoms with E-state index in [0.29, 0.717) is 29.6 Å². The van der Waals surface area contributed by atoms with Crippen molar-refractivity contribution in [2.75, 3.05) is 13.2 Å². The minimum Gasteiger partial charge on any atom is -0.494 e. The highest BCUT2D eigenvalue weighted by atomic mass is 32.1. The molecule has 0 aliphatic heterocycles. The van der Waals surface area contributed by atoms with E-state index in [2.05, 4.69) is 15.3 Å². The van der Waals surface area contributed by atoms with Crippen LogP contribution in [0.1, 0.15) is 25.2 Å². The fourth-order valence-electron chi connectivity index (χ4n) is 2.48. The number of rotatable bonds is 9. The molecule has 0 radical (unpaired) electrons. The van der Waals surface area contributed by atoms with E-state index in [9.17, 15) is 0 Å². The van der Waals surface area contributed by atoms with Crippen molar-refractivity contribution >= 4 is 18.4 Å². The Kier molecular flexibility index (Phi) is 6.80. The molecule has 3 rings (SSSR count). The Labute approximate surface area is 168 Å². The maximum absolute atomic E-state index is 5.74. The van der Waals surface area contributed by atoms with Crippen LogP contribution in [0, 0.1) is 4.77 Å². The van der Waals surface area contributed by atoms with Gasteiger partial charge in [0.1, 0.15) is 23.9 Å². The highest BCUT2D eigenvalue weighted by Crippen LogP contribution is 2.24. The lowest BCUT2D eigenvalue weighted by atomic mass is 10.2. The van der Waals surface area contributed by atoms with Gasteiger partial charge < -0.3 is 14.2 Å². The molecule has 0 unspecified atom stereocenters. The van der Waals surface area contributed by atoms with Crippen LogP contribution in [0.5, 0.6) is 17.2 Å². The summed E-state index contributed by atoms with van der Waals surface area (Å²) in [5.41, 5.74) is 0.809. The fraction of sp³-hybridized carbons (Fsp3) is 0.250. The standard InChI is InChI=1S/C20H22N4O3S/c1-3-25-17-11-10-15(18(12-17)26-4-2)13-21-24-19(22-23-20(24)28)14-27-16-8-6-5-7-9-16/h5-13H,3-4,14H2,1-2H3,(H,23,28)/b21-13-. The molecule has 1 aromatic heterocycles. The van der Waals surface area contributed by atoms with Crippen molar-refractivity contribution in [3.63, 3.8) is 0 Å². The van der Waals surface area contributed by atoms with Crippen LogP contribution >= 0.6 is 12.2 Å². The predicted molar refractivity (Wildman–Crippen MR) is 110 cm³/mol. The molecule has 0 saturated carbocycles. The van der Waals surface area contributed by atoms with Gasteiger partial charge in [-0.1, -0.05) is 18.2 Å². The van der Waals surface area contributed by atoms with Crippen LogP contribution in [-0.2, 0) is 6.61 Å². The summed E-state index contributed by atoms with van der Waals surface area (Å²) in [6.07, 6.45) is 1.68. The number of H-pyrrole nitrogens is 1. The van der Waals surface area contributed by atoms with Gasteiger partial charge in [-0.3, -0.25) is 0 Å². The lowest BCUT2D eigenvalue weighted by Crippen LogP contribution is -2.04. The van der Waals surface area contributed by atoms with E-state index in [4.69, 9.17) is 26.4 Å². The van der Waals surface area contributed by atoms with E-state index in [1.807, 2.05) is 62.4 Å². The van der Waals surface area contributed by atoms with E-state index < -0.39 is 0 Å². The summed E-state index contributed by atoms with van der Waals surface area (Å²) in [5.74, 6) is 2.75. The summed E-state index contributed by atoms with van der Waals surface area (Å²) >= 11 is 5.28. The van der Waals surface area contributed by atoms with Crippen molar-refractivity contribution in [3.05, 3.63) is 64.7 Å². The van der Waals surface area contributed by atoms with Gasteiger partial charge in [0.25, 0.3) is 0 Å². The summed E-state index contributed by atoms with van der Waals surface area (Å²) in [4.78, 5) is 0. The Morgan fingerprint density at radius 2 is 1.82 bits per heavy atom. The zero-order chi connectivity index (χ0) is 19.8. The molecule has 0 spiro atoms. The minimum absolute atomic E-state index is 0.232. The molecule has 0 aliphatic carbocycles. The van der Waals surface area contributed by atoms with Crippen LogP contribution < -0.4 is 14.2 Å². The molecule has 0 fully saturated rings. The molecule has 7 nitrogen and oxygen atoms in total. The van der Waals surface area contributed by atoms with Crippen LogP contribution in [0.15, 0.2) is 53.6 Å². The van der Waals surface area contributed by atoms with E-state index in [0.717, 1.165) is 17.1 Å². The van der Waals surface area contributed by atoms with Gasteiger partial charge in [0.05, 0.1) is 19.4 Å². The Morgan fingerprint density at radius 3 is 2.57 bits per heavy atom. The SMILES string of the molecule is CCOc1ccc(/C=N\n2c(COc3ccccc3)n[nH]c2=S)c(OCC)c1. The molecule has 2 aromatic carbocycles. The molecule has 146 valence electrons. The van der Waals surface area contributed by atoms with E-state index in [1.165, 1.54) is 4.68 Å². The molecule has 1 N–H and O–H groups in total. The van der Waals surface area contributed by atoms with Crippen molar-refractivity contribution in [1.82, 2.24) is 14.9 Å². The normalized spacial score (nSPS) is 10.9. The van der Waals surface area contributed by atoms with Gasteiger partial charge in [-0.05, 0) is 50.3 Å². The summed E-state index contributed by atoms with van der Waals surface area (Å²) in [7, 11) is 0. The van der Waals surface area contributed by atoms with E-state index >= 15 is 0 Å². The summed E-state index contributed by atoms with van der Waals surface area (Å²) in [6, 6.07) is 15.1. The van der Waals surface area contributed by atoms with Crippen LogP contribution in [0.3, 0.4) is 0 Å². The first-order valence-electron chi connectivity index (χ1n) is 8.99. The Morgan fingerprint density at radius 1 is 1.04 bits per heavy atom. The van der Waals surface area contributed by atoms with Crippen LogP contribution in [0.25, 0.3) is 0 Å². The van der Waals surface area contributed by atoms with Crippen molar-refractivity contribution in [2.45, 2.75) is 20.5 Å². The zero-order valence-corrected chi connectivity index (χ0v) is 16.6. The summed E-state index contributed by atoms with van der Waals surface area (Å²) in [6.45, 7) is 5.23. The summed E-state index contributed by atoms with van der Waals surface area (Å²) < 4.78 is 18.9. The number of ether oxygens (including phenoxy) is 3. The first-order chi connectivity index (χ1) is 13.7. The number of aromatic amines is 1. The molecule has 0 bridgehead atoms. The second-order valence-corrected chi connectivity index (χ2v) is 6.06. The first kappa shape index (κ1) is 19.6. The Hall–Kier alpha value is -3.13. The lowest BCUT2D eigenvalue weighted by molar-refractivity contribution is 0.290. The molecule has 0 atom stereocenters. The minimum atomic E-state index is 0.232. The van der Waals surface area contributed by atoms with E-state index in [-0.39, 0.29) is 6.61 Å². The van der Waals surface area contributed by atoms with Crippen LogP contribution in [0.2, 0.25) is 0 Å². The third-order valence-electron chi connectivity index (χ3n) is 3.74. The van der Waals surface area contributed by atoms with E-state index in [1.54, 1.807) is 6.21 Å². The number of hydrogen-bond acceptors (Lipinski definition) is 6. The van der Waals surface area contributed by atoms with Crippen molar-refractivity contribution in [2.24, 2.45) is 5.10 Å². The van der Waals surface area contributed by atoms with Gasteiger partial charge in [-0.15, -0.1) is 0 Å². The van der Waals surface area contributed by atoms with Gasteiger partial charge in [-0.25, -0.2) is 5.10 Å². The molecular weight excluding hydrogens is 376 g/mol. The predicted octanol–water partition coefficient (Wildman–Crippen LogP) is 4.20. The molecular formula is C20H22N4O3S. The van der Waals surface area contributed by atoms with Crippen LogP contribution in [-0.4, -0.2) is 34.3 Å². The Bertz CT molecular complexity index is 983. The summed E-state index contributed by atoms with van der Waals surface area (Å²) in [5, 5.41) is 11.4. The highest BCUT2D eigenvalue weighted by Gasteiger charge is 2.08. The second-order valence-electron chi connectivity index (χ2n) is 5.67. The molecule has 0 saturated heterocycles. The first-order valence-corrected chi connectivity index (χ1v) is 9.40. The second kappa shape index (κ2) is 9.70. The fourth-order valence-corrected chi connectivity index (χ4v) is 2.68. The average molecular weight is 398 g/mol. The largest absolute Gasteiger partial charge is 0.494 e. The molecule has 0 amide bonds. The smallest absolute Gasteiger partial charge is 0.216 e. The van der Waals surface area contributed by atoms with Gasteiger partial charge in [0.15, 0.2) is 5.82 Å². The lowest BCUT2D eigenvalue weighted by Gasteiger charge is -2.10. The third kappa shape index (κ3) is 4.98. The number of para-hydroxylation sites is 1. The van der Waals surface area contributed by atoms with Crippen molar-refractivity contribution in [1.29, 1.82) is 0 Å². The third-order valence-corrected chi connectivity index (χ3v) is 4.00. The maximum atomic E-state index is 5.74. The molecule has 28 heavy (non-hydrogen) atoms. The monoisotopic (exact) mass is 398 g/mol. The van der Waals surface area contributed by atoms with Crippen molar-refractivity contribution in [3.8, 4) is 17.2 Å². The highest BCUT2D eigenvalue weighted by molar-refractivity contribution is 7.71. The average Bonchev–Trinajstić information content (AvgIpc) is 3.07. The topological polar surface area (TPSA) is 73.7 Å². The van der Waals surface area contributed by atoms with Gasteiger partial charge in [-0.2, -0.15) is 14.9 Å². The number of aromatic nitrogens is 3. The quantitative estimate of drug-likeness (QED) is 0.432. The number of benzene rings is 2. The molecule has 8 heteroatoms. The maximum Gasteiger partial charge on any atom is 0.216 e. The van der Waals surface area contributed by atoms with Gasteiger partial charge in [0, 0.05) is 11.6 Å². The van der Waals surface area contributed by atoms with Gasteiger partial charge in [0.2, 0.25) is 4.77 Å². The number of nitrogens with one attached hydrogen (secondary N) is 1. The Balaban J connectivity index is 1.80. The van der Waals surface area contributed by atoms with Gasteiger partial charge >= 0.3 is 0 Å². The molecule has 3 aromatic rings. The zero-order valence-electron chi connectivity index (χ0n) is 15.8. The van der Waals surface area contributed by atoms with Crippen molar-refractivity contribution < 1.29 is 14.2 Å². The molecule has 0 aliphatic rings. The molecule has 1 heterocycles. The number of nitrogens with zero attached hydrogens (tertiary/aromatic N) is 3.